The molecule has 1 saturated heterocycles. The predicted octanol–water partition coefficient (Wildman–Crippen LogP) is 1.92. The smallest absolute Gasteiger partial charge is 0.251 e. The zero-order valence-electron chi connectivity index (χ0n) is 16.1. The number of amides is 1. The molecule has 2 rings (SSSR count). The van der Waals surface area contributed by atoms with Gasteiger partial charge in [-0.2, -0.15) is 0 Å². The Labute approximate surface area is 168 Å². The van der Waals surface area contributed by atoms with Crippen LogP contribution in [0.4, 0.5) is 0 Å². The van der Waals surface area contributed by atoms with Crippen LogP contribution in [0.25, 0.3) is 0 Å². The van der Waals surface area contributed by atoms with E-state index in [9.17, 15) is 13.2 Å². The lowest BCUT2D eigenvalue weighted by molar-refractivity contribution is 0.0950. The molecule has 3 N–H and O–H groups in total. The van der Waals surface area contributed by atoms with E-state index >= 15 is 0 Å². The lowest BCUT2D eigenvalue weighted by Gasteiger charge is -2.22. The van der Waals surface area contributed by atoms with Gasteiger partial charge in [-0.05, 0) is 70.3 Å². The summed E-state index contributed by atoms with van der Waals surface area (Å²) in [5.41, 5.74) is 0.303. The number of halogens is 1. The highest BCUT2D eigenvalue weighted by Crippen LogP contribution is 2.25. The van der Waals surface area contributed by atoms with Gasteiger partial charge in [0, 0.05) is 18.2 Å². The highest BCUT2D eigenvalue weighted by atomic mass is 35.5. The molecule has 1 aliphatic rings. The Morgan fingerprint density at radius 3 is 2.70 bits per heavy atom. The zero-order chi connectivity index (χ0) is 19.2. The second-order valence-corrected chi connectivity index (χ2v) is 8.58. The van der Waals surface area contributed by atoms with E-state index in [4.69, 9.17) is 4.74 Å². The molecule has 154 valence electrons. The molecule has 1 unspecified atom stereocenters. The first-order valence-electron chi connectivity index (χ1n) is 9.02. The molecular weight excluding hydrogens is 390 g/mol. The first kappa shape index (κ1) is 23.7. The average molecular weight is 420 g/mol. The quantitative estimate of drug-likeness (QED) is 0.598. The van der Waals surface area contributed by atoms with Gasteiger partial charge in [-0.25, -0.2) is 13.1 Å². The van der Waals surface area contributed by atoms with Gasteiger partial charge >= 0.3 is 0 Å². The highest BCUT2D eigenvalue weighted by Gasteiger charge is 2.22. The summed E-state index contributed by atoms with van der Waals surface area (Å²) >= 11 is 0. The highest BCUT2D eigenvalue weighted by molar-refractivity contribution is 7.89. The summed E-state index contributed by atoms with van der Waals surface area (Å²) < 4.78 is 32.6. The first-order chi connectivity index (χ1) is 12.3. The molecule has 0 aliphatic carbocycles. The second-order valence-electron chi connectivity index (χ2n) is 6.90. The van der Waals surface area contributed by atoms with E-state index in [-0.39, 0.29) is 35.0 Å². The normalized spacial score (nSPS) is 17.3. The summed E-state index contributed by atoms with van der Waals surface area (Å²) in [5.74, 6) is 0.506. The van der Waals surface area contributed by atoms with Gasteiger partial charge in [0.05, 0.1) is 7.11 Å². The maximum atomic E-state index is 12.5. The minimum absolute atomic E-state index is 0. The number of benzene rings is 1. The van der Waals surface area contributed by atoms with Crippen molar-refractivity contribution < 1.29 is 17.9 Å². The van der Waals surface area contributed by atoms with E-state index < -0.39 is 10.0 Å². The number of rotatable bonds is 8. The van der Waals surface area contributed by atoms with Crippen LogP contribution in [-0.2, 0) is 10.0 Å². The number of nitrogens with one attached hydrogen (secondary N) is 3. The van der Waals surface area contributed by atoms with Gasteiger partial charge < -0.3 is 15.4 Å². The zero-order valence-corrected chi connectivity index (χ0v) is 17.7. The Bertz CT molecular complexity index is 719. The topological polar surface area (TPSA) is 96.5 Å². The van der Waals surface area contributed by atoms with Gasteiger partial charge in [0.1, 0.15) is 10.6 Å². The molecule has 1 aromatic carbocycles. The van der Waals surface area contributed by atoms with Crippen molar-refractivity contribution in [1.29, 1.82) is 0 Å². The van der Waals surface area contributed by atoms with Crippen LogP contribution in [0.3, 0.4) is 0 Å². The Morgan fingerprint density at radius 2 is 2.11 bits per heavy atom. The molecule has 0 aromatic heterocycles. The van der Waals surface area contributed by atoms with Crippen LogP contribution < -0.4 is 20.1 Å². The second kappa shape index (κ2) is 10.8. The molecule has 1 amide bonds. The summed E-state index contributed by atoms with van der Waals surface area (Å²) in [6.07, 6.45) is 3.25. The average Bonchev–Trinajstić information content (AvgIpc) is 2.61. The van der Waals surface area contributed by atoms with E-state index in [2.05, 4.69) is 15.4 Å². The number of carbonyl (C=O) groups excluding carboxylic acids is 1. The molecule has 7 nitrogen and oxygen atoms in total. The Hall–Kier alpha value is -1.35. The molecule has 1 aliphatic heterocycles. The van der Waals surface area contributed by atoms with E-state index in [0.717, 1.165) is 19.5 Å². The molecule has 0 bridgehead atoms. The summed E-state index contributed by atoms with van der Waals surface area (Å²) in [4.78, 5) is 12.4. The lowest BCUT2D eigenvalue weighted by Crippen LogP contribution is -2.33. The molecule has 0 saturated carbocycles. The number of carbonyl (C=O) groups is 1. The molecule has 1 heterocycles. The molecule has 1 aromatic rings. The standard InChI is InChI=1S/C18H29N3O4S.ClH/c1-13(2)21-26(23,24)17-11-15(6-7-16(17)25-3)18(22)20-10-8-14-5-4-9-19-12-14;/h6-7,11,13-14,19,21H,4-5,8-10,12H2,1-3H3,(H,20,22);1H. The summed E-state index contributed by atoms with van der Waals surface area (Å²) in [5, 5.41) is 6.24. The molecule has 1 atom stereocenters. The van der Waals surface area contributed by atoms with Crippen LogP contribution in [0.2, 0.25) is 0 Å². The van der Waals surface area contributed by atoms with E-state index in [0.29, 0.717) is 18.0 Å². The number of piperidine rings is 1. The number of ether oxygens (including phenoxy) is 1. The fourth-order valence-electron chi connectivity index (χ4n) is 3.06. The lowest BCUT2D eigenvalue weighted by atomic mass is 9.96. The maximum Gasteiger partial charge on any atom is 0.251 e. The number of hydrogen-bond acceptors (Lipinski definition) is 5. The third-order valence-corrected chi connectivity index (χ3v) is 6.02. The summed E-state index contributed by atoms with van der Waals surface area (Å²) in [6.45, 7) is 6.10. The monoisotopic (exact) mass is 419 g/mol. The van der Waals surface area contributed by atoms with Gasteiger partial charge in [-0.15, -0.1) is 12.4 Å². The minimum Gasteiger partial charge on any atom is -0.495 e. The van der Waals surface area contributed by atoms with Crippen molar-refractivity contribution in [2.24, 2.45) is 5.92 Å². The van der Waals surface area contributed by atoms with Gasteiger partial charge in [0.2, 0.25) is 10.0 Å². The minimum atomic E-state index is -3.76. The summed E-state index contributed by atoms with van der Waals surface area (Å²) in [7, 11) is -2.35. The predicted molar refractivity (Wildman–Crippen MR) is 108 cm³/mol. The van der Waals surface area contributed by atoms with Crippen LogP contribution in [0.5, 0.6) is 5.75 Å². The van der Waals surface area contributed by atoms with Crippen LogP contribution in [0.1, 0.15) is 43.5 Å². The molecule has 27 heavy (non-hydrogen) atoms. The SMILES string of the molecule is COc1ccc(C(=O)NCCC2CCCNC2)cc1S(=O)(=O)NC(C)C.Cl. The van der Waals surface area contributed by atoms with E-state index in [1.807, 2.05) is 0 Å². The van der Waals surface area contributed by atoms with Crippen LogP contribution in [-0.4, -0.2) is 47.1 Å². The summed E-state index contributed by atoms with van der Waals surface area (Å²) in [6, 6.07) is 4.19. The van der Waals surface area contributed by atoms with Crippen LogP contribution in [0, 0.1) is 5.92 Å². The van der Waals surface area contributed by atoms with Crippen molar-refractivity contribution in [1.82, 2.24) is 15.4 Å². The van der Waals surface area contributed by atoms with E-state index in [1.165, 1.54) is 32.1 Å². The Morgan fingerprint density at radius 1 is 1.37 bits per heavy atom. The Kier molecular flexibility index (Phi) is 9.52. The molecule has 1 fully saturated rings. The van der Waals surface area contributed by atoms with Crippen LogP contribution in [0.15, 0.2) is 23.1 Å². The third kappa shape index (κ3) is 6.95. The number of hydrogen-bond donors (Lipinski definition) is 3. The molecule has 9 heteroatoms. The van der Waals surface area contributed by atoms with Crippen molar-refractivity contribution in [3.8, 4) is 5.75 Å². The van der Waals surface area contributed by atoms with E-state index in [1.54, 1.807) is 19.9 Å². The van der Waals surface area contributed by atoms with Gasteiger partial charge in [0.15, 0.2) is 0 Å². The Balaban J connectivity index is 0.00000364. The number of methoxy groups -OCH3 is 1. The fraction of sp³-hybridized carbons (Fsp3) is 0.611. The van der Waals surface area contributed by atoms with Crippen molar-refractivity contribution >= 4 is 28.3 Å². The van der Waals surface area contributed by atoms with Crippen LogP contribution >= 0.6 is 12.4 Å². The third-order valence-electron chi connectivity index (χ3n) is 4.34. The van der Waals surface area contributed by atoms with Gasteiger partial charge in [-0.3, -0.25) is 4.79 Å². The van der Waals surface area contributed by atoms with Gasteiger partial charge in [0.25, 0.3) is 5.91 Å². The first-order valence-corrected chi connectivity index (χ1v) is 10.5. The van der Waals surface area contributed by atoms with Crippen molar-refractivity contribution in [3.63, 3.8) is 0 Å². The van der Waals surface area contributed by atoms with Crippen molar-refractivity contribution in [2.45, 2.75) is 44.0 Å². The largest absolute Gasteiger partial charge is 0.495 e. The molecular formula is C18H30ClN3O4S. The molecule has 0 radical (unpaired) electrons. The van der Waals surface area contributed by atoms with Crippen molar-refractivity contribution in [2.75, 3.05) is 26.7 Å². The fourth-order valence-corrected chi connectivity index (χ4v) is 4.51. The molecule has 0 spiro atoms. The van der Waals surface area contributed by atoms with Crippen molar-refractivity contribution in [3.05, 3.63) is 23.8 Å². The maximum absolute atomic E-state index is 12.5. The number of sulfonamides is 1. The van der Waals surface area contributed by atoms with Gasteiger partial charge in [-0.1, -0.05) is 0 Å².